The smallest absolute Gasteiger partial charge is 0.462 e. The lowest BCUT2D eigenvalue weighted by Crippen LogP contribution is -2.30. The Hall–Kier alpha value is -1.94. The normalized spacial score (nSPS) is 14.2. The summed E-state index contributed by atoms with van der Waals surface area (Å²) in [5, 5.41) is 10.6. The Morgan fingerprint density at radius 2 is 0.515 bits per heavy atom. The molecule has 0 radical (unpaired) electrons. The summed E-state index contributed by atoms with van der Waals surface area (Å²) in [7, 11) is -9.90. The van der Waals surface area contributed by atoms with E-state index in [4.69, 9.17) is 37.0 Å². The van der Waals surface area contributed by atoms with Gasteiger partial charge in [0.05, 0.1) is 26.4 Å². The Balaban J connectivity index is 5.09. The van der Waals surface area contributed by atoms with Crippen LogP contribution in [0.15, 0.2) is 0 Å². The molecular weight excluding hydrogens is 1290 g/mol. The first kappa shape index (κ1) is 97.1. The van der Waals surface area contributed by atoms with Crippen LogP contribution in [0.1, 0.15) is 420 Å². The van der Waals surface area contributed by atoms with Crippen molar-refractivity contribution >= 4 is 39.5 Å². The van der Waals surface area contributed by atoms with Gasteiger partial charge in [0.2, 0.25) is 0 Å². The minimum absolute atomic E-state index is 0.106. The fourth-order valence-electron chi connectivity index (χ4n) is 12.3. The molecular formula is C80H156O17P2. The van der Waals surface area contributed by atoms with Crippen LogP contribution in [0.5, 0.6) is 0 Å². The van der Waals surface area contributed by atoms with Crippen molar-refractivity contribution in [3.63, 3.8) is 0 Å². The Bertz CT molecular complexity index is 1910. The molecule has 0 rings (SSSR count). The fraction of sp³-hybridized carbons (Fsp3) is 0.950. The summed E-state index contributed by atoms with van der Waals surface area (Å²) < 4.78 is 68.4. The van der Waals surface area contributed by atoms with Crippen LogP contribution in [0.4, 0.5) is 0 Å². The molecule has 6 atom stereocenters. The second-order valence-electron chi connectivity index (χ2n) is 29.5. The van der Waals surface area contributed by atoms with E-state index in [9.17, 15) is 43.2 Å². The molecule has 0 fully saturated rings. The molecule has 0 bridgehead atoms. The number of phosphoric acid groups is 2. The van der Waals surface area contributed by atoms with Crippen molar-refractivity contribution < 1.29 is 80.2 Å². The maximum Gasteiger partial charge on any atom is 0.472 e. The highest BCUT2D eigenvalue weighted by Crippen LogP contribution is 2.45. The van der Waals surface area contributed by atoms with Crippen LogP contribution in [0.25, 0.3) is 0 Å². The van der Waals surface area contributed by atoms with E-state index < -0.39 is 97.5 Å². The molecule has 0 heterocycles. The highest BCUT2D eigenvalue weighted by molar-refractivity contribution is 7.47. The van der Waals surface area contributed by atoms with E-state index in [2.05, 4.69) is 41.5 Å². The third-order valence-electron chi connectivity index (χ3n) is 19.1. The van der Waals surface area contributed by atoms with Crippen LogP contribution in [-0.2, 0) is 65.4 Å². The standard InChI is InChI=1S/C80H156O17P2/c1-7-10-12-14-15-16-33-41-46-52-58-64-79(84)96-75(68-90-77(82)62-56-48-13-11-8-2)70-94-98(86,87)92-66-74(81)67-93-99(88,89)95-71-76(69-91-78(83)63-57-51-45-40-36-31-27-23-19-17-21-25-29-34-38-43-49-54-60-72(4)5)97-80(85)65-59-53-47-42-37-32-28-24-20-18-22-26-30-35-39-44-50-55-61-73(6)9-3/h72-76,81H,7-71H2,1-6H3,(H,86,87)(H,88,89)/t73?,74-,75+,76+/m0/s1. The summed E-state index contributed by atoms with van der Waals surface area (Å²) >= 11 is 0. The predicted molar refractivity (Wildman–Crippen MR) is 405 cm³/mol. The fourth-order valence-corrected chi connectivity index (χ4v) is 13.9. The van der Waals surface area contributed by atoms with E-state index in [1.54, 1.807) is 0 Å². The largest absolute Gasteiger partial charge is 0.472 e. The maximum atomic E-state index is 13.1. The number of hydrogen-bond acceptors (Lipinski definition) is 15. The third-order valence-corrected chi connectivity index (χ3v) is 21.0. The van der Waals surface area contributed by atoms with E-state index in [0.29, 0.717) is 25.7 Å². The van der Waals surface area contributed by atoms with E-state index >= 15 is 0 Å². The molecule has 588 valence electrons. The van der Waals surface area contributed by atoms with Gasteiger partial charge in [0.15, 0.2) is 12.2 Å². The summed E-state index contributed by atoms with van der Waals surface area (Å²) in [6.07, 6.45) is 61.6. The van der Waals surface area contributed by atoms with E-state index in [1.165, 1.54) is 231 Å². The number of carbonyl (C=O) groups is 4. The van der Waals surface area contributed by atoms with Crippen molar-refractivity contribution in [2.45, 2.75) is 439 Å². The van der Waals surface area contributed by atoms with Crippen LogP contribution in [0.2, 0.25) is 0 Å². The Kier molecular flexibility index (Phi) is 70.3. The predicted octanol–water partition coefficient (Wildman–Crippen LogP) is 23.9. The lowest BCUT2D eigenvalue weighted by molar-refractivity contribution is -0.161. The van der Waals surface area contributed by atoms with Gasteiger partial charge in [0.1, 0.15) is 19.3 Å². The zero-order valence-electron chi connectivity index (χ0n) is 64.8. The molecule has 0 aliphatic carbocycles. The maximum absolute atomic E-state index is 13.1. The number of ether oxygens (including phenoxy) is 4. The first-order valence-electron chi connectivity index (χ1n) is 41.5. The van der Waals surface area contributed by atoms with Gasteiger partial charge in [-0.1, -0.05) is 369 Å². The first-order valence-corrected chi connectivity index (χ1v) is 44.5. The number of aliphatic hydroxyl groups is 1. The average molecular weight is 1450 g/mol. The van der Waals surface area contributed by atoms with Crippen molar-refractivity contribution in [3.8, 4) is 0 Å². The van der Waals surface area contributed by atoms with Gasteiger partial charge in [-0.3, -0.25) is 37.3 Å². The Labute approximate surface area is 607 Å². The molecule has 0 spiro atoms. The summed E-state index contributed by atoms with van der Waals surface area (Å²) in [5.41, 5.74) is 0. The quantitative estimate of drug-likeness (QED) is 0.0222. The van der Waals surface area contributed by atoms with Crippen LogP contribution in [0.3, 0.4) is 0 Å². The number of hydrogen-bond donors (Lipinski definition) is 3. The number of esters is 4. The molecule has 0 aliphatic heterocycles. The molecule has 99 heavy (non-hydrogen) atoms. The summed E-state index contributed by atoms with van der Waals surface area (Å²) in [4.78, 5) is 72.6. The van der Waals surface area contributed by atoms with Gasteiger partial charge in [0.25, 0.3) is 0 Å². The van der Waals surface area contributed by atoms with E-state index in [0.717, 1.165) is 108 Å². The van der Waals surface area contributed by atoms with E-state index in [1.807, 2.05) is 0 Å². The number of aliphatic hydroxyl groups excluding tert-OH is 1. The van der Waals surface area contributed by atoms with Crippen LogP contribution < -0.4 is 0 Å². The summed E-state index contributed by atoms with van der Waals surface area (Å²) in [5.74, 6) is -0.429. The van der Waals surface area contributed by atoms with Crippen molar-refractivity contribution in [2.24, 2.45) is 11.8 Å². The second-order valence-corrected chi connectivity index (χ2v) is 32.4. The number of phosphoric ester groups is 2. The molecule has 0 amide bonds. The highest BCUT2D eigenvalue weighted by atomic mass is 31.2. The highest BCUT2D eigenvalue weighted by Gasteiger charge is 2.30. The molecule has 0 aliphatic rings. The summed E-state index contributed by atoms with van der Waals surface area (Å²) in [6, 6.07) is 0. The minimum atomic E-state index is -4.96. The molecule has 0 aromatic rings. The molecule has 3 N–H and O–H groups in total. The van der Waals surface area contributed by atoms with Gasteiger partial charge in [0, 0.05) is 25.7 Å². The SMILES string of the molecule is CCCCCCCCCCCCCC(=O)O[C@H](COC(=O)CCCCCCC)COP(=O)(O)OC[C@H](O)COP(=O)(O)OC[C@@H](COC(=O)CCCCCCCCCCCCCCCCCCCCC(C)C)OC(=O)CCCCCCCCCCCCCCCCCCCCC(C)CC. The molecule has 3 unspecified atom stereocenters. The van der Waals surface area contributed by atoms with Crippen molar-refractivity contribution in [3.05, 3.63) is 0 Å². The van der Waals surface area contributed by atoms with Gasteiger partial charge in [-0.2, -0.15) is 0 Å². The average Bonchev–Trinajstić information content (AvgIpc) is 1.09. The molecule has 0 aromatic carbocycles. The van der Waals surface area contributed by atoms with Gasteiger partial charge in [-0.25, -0.2) is 9.13 Å². The lowest BCUT2D eigenvalue weighted by Gasteiger charge is -2.21. The number of rotatable bonds is 79. The number of unbranched alkanes of at least 4 members (excludes halogenated alkanes) is 48. The Morgan fingerprint density at radius 3 is 0.768 bits per heavy atom. The zero-order chi connectivity index (χ0) is 72.8. The van der Waals surface area contributed by atoms with Crippen LogP contribution in [0, 0.1) is 11.8 Å². The molecule has 0 aromatic heterocycles. The zero-order valence-corrected chi connectivity index (χ0v) is 66.6. The monoisotopic (exact) mass is 1450 g/mol. The van der Waals surface area contributed by atoms with Crippen molar-refractivity contribution in [1.29, 1.82) is 0 Å². The van der Waals surface area contributed by atoms with Crippen LogP contribution >= 0.6 is 15.6 Å². The third kappa shape index (κ3) is 72.8. The van der Waals surface area contributed by atoms with Crippen molar-refractivity contribution in [2.75, 3.05) is 39.6 Å². The first-order chi connectivity index (χ1) is 47.9. The van der Waals surface area contributed by atoms with Gasteiger partial charge in [-0.15, -0.1) is 0 Å². The molecule has 0 saturated heterocycles. The van der Waals surface area contributed by atoms with Gasteiger partial charge >= 0.3 is 39.5 Å². The topological polar surface area (TPSA) is 237 Å². The van der Waals surface area contributed by atoms with E-state index in [-0.39, 0.29) is 25.7 Å². The number of carbonyl (C=O) groups excluding carboxylic acids is 4. The van der Waals surface area contributed by atoms with Crippen molar-refractivity contribution in [1.82, 2.24) is 0 Å². The molecule has 17 nitrogen and oxygen atoms in total. The minimum Gasteiger partial charge on any atom is -0.462 e. The van der Waals surface area contributed by atoms with Crippen LogP contribution in [-0.4, -0.2) is 96.7 Å². The Morgan fingerprint density at radius 1 is 0.293 bits per heavy atom. The second kappa shape index (κ2) is 71.7. The van der Waals surface area contributed by atoms with Gasteiger partial charge in [-0.05, 0) is 37.5 Å². The lowest BCUT2D eigenvalue weighted by atomic mass is 9.99. The summed E-state index contributed by atoms with van der Waals surface area (Å²) in [6.45, 7) is 9.63. The molecule has 19 heteroatoms. The molecule has 0 saturated carbocycles. The van der Waals surface area contributed by atoms with Gasteiger partial charge < -0.3 is 33.8 Å².